The van der Waals surface area contributed by atoms with Crippen molar-refractivity contribution in [2.24, 2.45) is 11.8 Å². The summed E-state index contributed by atoms with van der Waals surface area (Å²) in [6, 6.07) is 10.2. The first-order valence-electron chi connectivity index (χ1n) is 20.0. The maximum atomic E-state index is 13.2. The Bertz CT molecular complexity index is 1380. The average molecular weight is 723 g/mol. The summed E-state index contributed by atoms with van der Waals surface area (Å²) in [4.78, 5) is 52.2. The monoisotopic (exact) mass is 722 g/mol. The number of hydrogen-bond donors (Lipinski definition) is 6. The third kappa shape index (κ3) is 15.7. The molecule has 0 aliphatic rings. The quantitative estimate of drug-likeness (QED) is 0.0445. The molecule has 2 aromatic carbocycles. The molecule has 2 rings (SSSR count). The zero-order valence-corrected chi connectivity index (χ0v) is 32.3. The molecule has 2 aromatic rings. The van der Waals surface area contributed by atoms with E-state index in [9.17, 15) is 29.4 Å². The number of carbonyl (C=O) groups is 4. The Hall–Kier alpha value is -4.08. The van der Waals surface area contributed by atoms with Crippen molar-refractivity contribution in [2.45, 2.75) is 156 Å². The minimum Gasteiger partial charge on any atom is -0.507 e. The second kappa shape index (κ2) is 25.8. The molecule has 2 unspecified atom stereocenters. The number of phenolic OH excluding ortho intramolecular Hbond substituents is 2. The smallest absolute Gasteiger partial charge is 0.273 e. The maximum Gasteiger partial charge on any atom is 0.273 e. The first kappa shape index (κ1) is 44.1. The number of benzene rings is 2. The molecule has 52 heavy (non-hydrogen) atoms. The van der Waals surface area contributed by atoms with E-state index in [2.05, 4.69) is 35.6 Å². The van der Waals surface area contributed by atoms with Gasteiger partial charge in [0.05, 0.1) is 11.1 Å². The summed E-state index contributed by atoms with van der Waals surface area (Å²) in [7, 11) is 0. The molecule has 10 nitrogen and oxygen atoms in total. The summed E-state index contributed by atoms with van der Waals surface area (Å²) in [5, 5.41) is 21.6. The van der Waals surface area contributed by atoms with Gasteiger partial charge in [0.25, 0.3) is 11.8 Å². The highest BCUT2D eigenvalue weighted by Gasteiger charge is 2.25. The van der Waals surface area contributed by atoms with Gasteiger partial charge in [-0.3, -0.25) is 40.9 Å². The maximum absolute atomic E-state index is 13.2. The second-order valence-electron chi connectivity index (χ2n) is 14.1. The Kier molecular flexibility index (Phi) is 21.9. The zero-order valence-electron chi connectivity index (χ0n) is 32.3. The molecular weight excluding hydrogens is 656 g/mol. The SMILES string of the molecule is CCCCCCCCc1cccc(C(=O)NNC(=O)C(CC)CCC(CCCC)C(=O)NNC(=O)c2cccc(CCCCCCCC)c2O)c1O. The third-order valence-corrected chi connectivity index (χ3v) is 9.93. The lowest BCUT2D eigenvalue weighted by molar-refractivity contribution is -0.128. The Morgan fingerprint density at radius 1 is 0.500 bits per heavy atom. The van der Waals surface area contributed by atoms with Crippen molar-refractivity contribution in [3.8, 4) is 11.5 Å². The molecule has 0 saturated carbocycles. The van der Waals surface area contributed by atoms with E-state index in [1.807, 2.05) is 26.0 Å². The number of unbranched alkanes of at least 4 members (excludes halogenated alkanes) is 11. The highest BCUT2D eigenvalue weighted by molar-refractivity contribution is 5.99. The highest BCUT2D eigenvalue weighted by atomic mass is 16.3. The fourth-order valence-electron chi connectivity index (χ4n) is 6.50. The van der Waals surface area contributed by atoms with Crippen LogP contribution >= 0.6 is 0 Å². The van der Waals surface area contributed by atoms with Crippen molar-refractivity contribution >= 4 is 23.6 Å². The van der Waals surface area contributed by atoms with E-state index in [-0.39, 0.29) is 34.4 Å². The summed E-state index contributed by atoms with van der Waals surface area (Å²) in [6.45, 7) is 8.27. The third-order valence-electron chi connectivity index (χ3n) is 9.93. The van der Waals surface area contributed by atoms with Crippen molar-refractivity contribution in [1.82, 2.24) is 21.7 Å². The lowest BCUT2D eigenvalue weighted by Crippen LogP contribution is -2.45. The average Bonchev–Trinajstić information content (AvgIpc) is 3.14. The summed E-state index contributed by atoms with van der Waals surface area (Å²) in [5.41, 5.74) is 11.6. The fraction of sp³-hybridized carbons (Fsp3) is 0.619. The van der Waals surface area contributed by atoms with Gasteiger partial charge in [-0.05, 0) is 74.6 Å². The number of aryl methyl sites for hydroxylation is 2. The second-order valence-corrected chi connectivity index (χ2v) is 14.1. The van der Waals surface area contributed by atoms with Gasteiger partial charge >= 0.3 is 0 Å². The number of rotatable bonds is 25. The van der Waals surface area contributed by atoms with Crippen LogP contribution in [0, 0.1) is 11.8 Å². The molecule has 0 aliphatic carbocycles. The molecule has 0 bridgehead atoms. The number of hydrazine groups is 2. The summed E-state index contributed by atoms with van der Waals surface area (Å²) in [6.07, 6.45) is 18.4. The number of carbonyl (C=O) groups excluding carboxylic acids is 4. The minimum atomic E-state index is -0.597. The van der Waals surface area contributed by atoms with Crippen LogP contribution < -0.4 is 21.7 Å². The number of nitrogens with one attached hydrogen (secondary N) is 4. The summed E-state index contributed by atoms with van der Waals surface area (Å²) in [5.74, 6) is -2.97. The molecule has 0 radical (unpaired) electrons. The van der Waals surface area contributed by atoms with Crippen LogP contribution in [0.15, 0.2) is 36.4 Å². The molecular formula is C42H66N4O6. The van der Waals surface area contributed by atoms with Gasteiger partial charge in [-0.15, -0.1) is 0 Å². The molecule has 0 spiro atoms. The van der Waals surface area contributed by atoms with Gasteiger partial charge in [0, 0.05) is 11.8 Å². The molecule has 0 aliphatic heterocycles. The predicted molar refractivity (Wildman–Crippen MR) is 208 cm³/mol. The summed E-state index contributed by atoms with van der Waals surface area (Å²) < 4.78 is 0. The van der Waals surface area contributed by atoms with E-state index < -0.39 is 23.7 Å². The van der Waals surface area contributed by atoms with Crippen LogP contribution in [-0.4, -0.2) is 33.8 Å². The van der Waals surface area contributed by atoms with Crippen molar-refractivity contribution in [3.05, 3.63) is 58.7 Å². The van der Waals surface area contributed by atoms with Gasteiger partial charge in [0.1, 0.15) is 11.5 Å². The van der Waals surface area contributed by atoms with Crippen LogP contribution in [0.2, 0.25) is 0 Å². The van der Waals surface area contributed by atoms with Gasteiger partial charge in [-0.1, -0.05) is 129 Å². The first-order valence-corrected chi connectivity index (χ1v) is 20.0. The number of aromatic hydroxyl groups is 2. The predicted octanol–water partition coefficient (Wildman–Crippen LogP) is 8.74. The van der Waals surface area contributed by atoms with Gasteiger partial charge in [0.2, 0.25) is 11.8 Å². The van der Waals surface area contributed by atoms with Crippen molar-refractivity contribution < 1.29 is 29.4 Å². The summed E-state index contributed by atoms with van der Waals surface area (Å²) >= 11 is 0. The number of amides is 4. The van der Waals surface area contributed by atoms with Crippen LogP contribution in [0.5, 0.6) is 11.5 Å². The van der Waals surface area contributed by atoms with Gasteiger partial charge in [-0.25, -0.2) is 0 Å². The molecule has 0 saturated heterocycles. The van der Waals surface area contributed by atoms with Gasteiger partial charge in [0.15, 0.2) is 0 Å². The number of hydrogen-bond acceptors (Lipinski definition) is 6. The highest BCUT2D eigenvalue weighted by Crippen LogP contribution is 2.26. The first-order chi connectivity index (χ1) is 25.2. The molecule has 10 heteroatoms. The Morgan fingerprint density at radius 3 is 1.35 bits per heavy atom. The molecule has 290 valence electrons. The molecule has 0 heterocycles. The Balaban J connectivity index is 1.90. The van der Waals surface area contributed by atoms with Crippen LogP contribution in [0.4, 0.5) is 0 Å². The Labute approximate surface area is 312 Å². The minimum absolute atomic E-state index is 0.0645. The van der Waals surface area contributed by atoms with Gasteiger partial charge < -0.3 is 10.2 Å². The fourth-order valence-corrected chi connectivity index (χ4v) is 6.50. The van der Waals surface area contributed by atoms with E-state index >= 15 is 0 Å². The van der Waals surface area contributed by atoms with E-state index in [0.29, 0.717) is 49.7 Å². The molecule has 0 fully saturated rings. The van der Waals surface area contributed by atoms with E-state index in [1.165, 1.54) is 50.7 Å². The zero-order chi connectivity index (χ0) is 38.1. The molecule has 6 N–H and O–H groups in total. The van der Waals surface area contributed by atoms with Crippen LogP contribution in [-0.2, 0) is 22.4 Å². The molecule has 4 amide bonds. The lowest BCUT2D eigenvalue weighted by Gasteiger charge is -2.21. The molecule has 0 aromatic heterocycles. The number of para-hydroxylation sites is 2. The van der Waals surface area contributed by atoms with Crippen LogP contribution in [0.3, 0.4) is 0 Å². The lowest BCUT2D eigenvalue weighted by atomic mass is 9.90. The van der Waals surface area contributed by atoms with Crippen LogP contribution in [0.25, 0.3) is 0 Å². The van der Waals surface area contributed by atoms with Gasteiger partial charge in [-0.2, -0.15) is 0 Å². The van der Waals surface area contributed by atoms with Crippen LogP contribution in [0.1, 0.15) is 175 Å². The topological polar surface area (TPSA) is 157 Å². The van der Waals surface area contributed by atoms with Crippen molar-refractivity contribution in [1.29, 1.82) is 0 Å². The number of phenols is 2. The van der Waals surface area contributed by atoms with Crippen molar-refractivity contribution in [3.63, 3.8) is 0 Å². The Morgan fingerprint density at radius 2 is 0.904 bits per heavy atom. The standard InChI is InChI=1S/C42H66N4O6/c1-5-9-12-14-16-18-23-32-25-20-27-35(37(32)47)41(51)45-43-39(49)31(8-4)29-30-34(22-11-7-3)40(50)44-46-42(52)36-28-21-26-33(38(36)48)24-19-17-15-13-10-6-2/h20-21,25-28,31,34,47-48H,5-19,22-24,29-30H2,1-4H3,(H,43,49)(H,44,50)(H,45,51)(H,46,52). The molecule has 2 atom stereocenters. The van der Waals surface area contributed by atoms with E-state index in [4.69, 9.17) is 0 Å². The van der Waals surface area contributed by atoms with E-state index in [1.54, 1.807) is 12.1 Å². The largest absolute Gasteiger partial charge is 0.507 e. The van der Waals surface area contributed by atoms with Crippen molar-refractivity contribution in [2.75, 3.05) is 0 Å². The normalized spacial score (nSPS) is 12.2. The van der Waals surface area contributed by atoms with E-state index in [0.717, 1.165) is 51.4 Å².